The third kappa shape index (κ3) is 3.29. The van der Waals surface area contributed by atoms with Gasteiger partial charge in [0.2, 0.25) is 0 Å². The van der Waals surface area contributed by atoms with Crippen LogP contribution in [-0.4, -0.2) is 34.3 Å². The maximum absolute atomic E-state index is 12.6. The Morgan fingerprint density at radius 3 is 2.57 bits per heavy atom. The van der Waals surface area contributed by atoms with Crippen LogP contribution < -0.4 is 4.90 Å². The number of carbonyl (C=O) groups excluding carboxylic acids is 2. The normalized spacial score (nSPS) is 15.4. The lowest BCUT2D eigenvalue weighted by Gasteiger charge is -2.22. The molecule has 0 saturated carbocycles. The van der Waals surface area contributed by atoms with E-state index in [0.717, 1.165) is 29.1 Å². The van der Waals surface area contributed by atoms with Crippen molar-refractivity contribution in [3.8, 4) is 5.69 Å². The molecular formula is C22H21N3O3. The second-order valence-electron chi connectivity index (χ2n) is 6.95. The molecule has 142 valence electrons. The number of aromatic nitrogens is 2. The Labute approximate surface area is 163 Å². The van der Waals surface area contributed by atoms with Crippen LogP contribution in [0.4, 0.5) is 5.69 Å². The molecule has 0 N–H and O–H groups in total. The average Bonchev–Trinajstić information content (AvgIpc) is 3.28. The number of rotatable bonds is 4. The Bertz CT molecular complexity index is 1020. The number of ether oxygens (including phenoxy) is 1. The predicted molar refractivity (Wildman–Crippen MR) is 106 cm³/mol. The van der Waals surface area contributed by atoms with Crippen molar-refractivity contribution in [1.29, 1.82) is 0 Å². The lowest BCUT2D eigenvalue weighted by molar-refractivity contribution is -0.122. The second-order valence-corrected chi connectivity index (χ2v) is 6.95. The minimum absolute atomic E-state index is 0.0557. The first-order chi connectivity index (χ1) is 13.5. The van der Waals surface area contributed by atoms with E-state index in [9.17, 15) is 9.59 Å². The molecule has 0 fully saturated rings. The number of anilines is 1. The molecule has 4 rings (SSSR count). The molecule has 2 aromatic carbocycles. The number of fused-ring (bicyclic) bond motifs is 1. The highest BCUT2D eigenvalue weighted by atomic mass is 16.5. The zero-order valence-corrected chi connectivity index (χ0v) is 15.8. The Hall–Kier alpha value is -3.41. The van der Waals surface area contributed by atoms with Crippen molar-refractivity contribution < 1.29 is 14.3 Å². The van der Waals surface area contributed by atoms with Crippen molar-refractivity contribution in [2.24, 2.45) is 0 Å². The molecule has 1 aliphatic rings. The Kier molecular flexibility index (Phi) is 4.69. The highest BCUT2D eigenvalue weighted by Gasteiger charge is 2.31. The van der Waals surface area contributed by atoms with E-state index in [1.807, 2.05) is 44.2 Å². The molecule has 1 aliphatic heterocycles. The fourth-order valence-electron chi connectivity index (χ4n) is 3.60. The second kappa shape index (κ2) is 7.31. The standard InChI is InChI=1S/C22H21N3O3/c1-15-11-12-23-25(15)19-9-7-17(8-10-19)22(27)28-14-21(26)24-16(2)13-18-5-3-4-6-20(18)24/h3-12,16H,13-14H2,1-2H3/t16-/m1/s1. The summed E-state index contributed by atoms with van der Waals surface area (Å²) in [7, 11) is 0. The number of carbonyl (C=O) groups is 2. The van der Waals surface area contributed by atoms with Gasteiger partial charge in [-0.3, -0.25) is 4.79 Å². The Morgan fingerprint density at radius 1 is 1.11 bits per heavy atom. The van der Waals surface area contributed by atoms with Crippen LogP contribution >= 0.6 is 0 Å². The highest BCUT2D eigenvalue weighted by Crippen LogP contribution is 2.31. The first kappa shape index (κ1) is 18.0. The van der Waals surface area contributed by atoms with Crippen molar-refractivity contribution in [2.75, 3.05) is 11.5 Å². The number of hydrogen-bond acceptors (Lipinski definition) is 4. The molecule has 1 amide bonds. The van der Waals surface area contributed by atoms with E-state index >= 15 is 0 Å². The number of amides is 1. The first-order valence-corrected chi connectivity index (χ1v) is 9.23. The largest absolute Gasteiger partial charge is 0.452 e. The molecule has 0 saturated heterocycles. The van der Waals surface area contributed by atoms with Gasteiger partial charge in [0, 0.05) is 23.6 Å². The van der Waals surface area contributed by atoms with Crippen molar-refractivity contribution in [3.63, 3.8) is 0 Å². The highest BCUT2D eigenvalue weighted by molar-refractivity contribution is 5.99. The summed E-state index contributed by atoms with van der Waals surface area (Å²) in [5, 5.41) is 4.24. The molecule has 3 aromatic rings. The number of hydrogen-bond donors (Lipinski definition) is 0. The van der Waals surface area contributed by atoms with Crippen LogP contribution in [0, 0.1) is 6.92 Å². The fraction of sp³-hybridized carbons (Fsp3) is 0.227. The molecule has 0 unspecified atom stereocenters. The summed E-state index contributed by atoms with van der Waals surface area (Å²) in [6.07, 6.45) is 2.53. The van der Waals surface area contributed by atoms with Gasteiger partial charge in [0.05, 0.1) is 11.3 Å². The summed E-state index contributed by atoms with van der Waals surface area (Å²) in [4.78, 5) is 26.7. The smallest absolute Gasteiger partial charge is 0.338 e. The maximum atomic E-state index is 12.6. The third-order valence-corrected chi connectivity index (χ3v) is 4.98. The number of benzene rings is 2. The Balaban J connectivity index is 1.41. The van der Waals surface area contributed by atoms with Crippen LogP contribution in [0.5, 0.6) is 0 Å². The molecular weight excluding hydrogens is 354 g/mol. The van der Waals surface area contributed by atoms with E-state index in [-0.39, 0.29) is 18.6 Å². The van der Waals surface area contributed by atoms with Gasteiger partial charge < -0.3 is 9.64 Å². The van der Waals surface area contributed by atoms with Crippen LogP contribution in [0.25, 0.3) is 5.69 Å². The van der Waals surface area contributed by atoms with Gasteiger partial charge in [-0.2, -0.15) is 5.10 Å². The predicted octanol–water partition coefficient (Wildman–Crippen LogP) is 3.32. The van der Waals surface area contributed by atoms with Crippen LogP contribution in [0.2, 0.25) is 0 Å². The number of para-hydroxylation sites is 1. The molecule has 2 heterocycles. The SMILES string of the molecule is Cc1ccnn1-c1ccc(C(=O)OCC(=O)N2c3ccccc3C[C@H]2C)cc1. The zero-order chi connectivity index (χ0) is 19.7. The van der Waals surface area contributed by atoms with Crippen LogP contribution in [0.1, 0.15) is 28.5 Å². The fourth-order valence-corrected chi connectivity index (χ4v) is 3.60. The molecule has 0 radical (unpaired) electrons. The van der Waals surface area contributed by atoms with E-state index in [2.05, 4.69) is 5.10 Å². The Morgan fingerprint density at radius 2 is 1.86 bits per heavy atom. The van der Waals surface area contributed by atoms with Gasteiger partial charge in [0.25, 0.3) is 5.91 Å². The van der Waals surface area contributed by atoms with E-state index in [1.165, 1.54) is 0 Å². The lowest BCUT2D eigenvalue weighted by atomic mass is 10.1. The summed E-state index contributed by atoms with van der Waals surface area (Å²) in [5.74, 6) is -0.730. The number of esters is 1. The van der Waals surface area contributed by atoms with Crippen LogP contribution in [-0.2, 0) is 16.0 Å². The first-order valence-electron chi connectivity index (χ1n) is 9.23. The minimum Gasteiger partial charge on any atom is -0.452 e. The van der Waals surface area contributed by atoms with Crippen molar-refractivity contribution in [2.45, 2.75) is 26.3 Å². The van der Waals surface area contributed by atoms with E-state index in [1.54, 1.807) is 40.0 Å². The van der Waals surface area contributed by atoms with Crippen molar-refractivity contribution in [3.05, 3.63) is 77.6 Å². The van der Waals surface area contributed by atoms with E-state index in [4.69, 9.17) is 4.74 Å². The summed E-state index contributed by atoms with van der Waals surface area (Å²) in [6, 6.07) is 16.7. The van der Waals surface area contributed by atoms with Gasteiger partial charge in [-0.1, -0.05) is 18.2 Å². The summed E-state index contributed by atoms with van der Waals surface area (Å²) >= 11 is 0. The molecule has 6 nitrogen and oxygen atoms in total. The van der Waals surface area contributed by atoms with Gasteiger partial charge in [0.15, 0.2) is 6.61 Å². The van der Waals surface area contributed by atoms with Gasteiger partial charge >= 0.3 is 5.97 Å². The monoisotopic (exact) mass is 375 g/mol. The summed E-state index contributed by atoms with van der Waals surface area (Å²) in [5.41, 5.74) is 4.30. The zero-order valence-electron chi connectivity index (χ0n) is 15.8. The molecule has 0 spiro atoms. The van der Waals surface area contributed by atoms with E-state index in [0.29, 0.717) is 5.56 Å². The topological polar surface area (TPSA) is 64.4 Å². The molecule has 6 heteroatoms. The molecule has 1 aromatic heterocycles. The average molecular weight is 375 g/mol. The quantitative estimate of drug-likeness (QED) is 0.656. The lowest BCUT2D eigenvalue weighted by Crippen LogP contribution is -2.38. The van der Waals surface area contributed by atoms with Gasteiger partial charge in [0.1, 0.15) is 0 Å². The molecule has 0 aliphatic carbocycles. The molecule has 0 bridgehead atoms. The minimum atomic E-state index is -0.516. The number of aryl methyl sites for hydroxylation is 1. The van der Waals surface area contributed by atoms with Crippen molar-refractivity contribution >= 4 is 17.6 Å². The van der Waals surface area contributed by atoms with Crippen LogP contribution in [0.3, 0.4) is 0 Å². The maximum Gasteiger partial charge on any atom is 0.338 e. The molecule has 1 atom stereocenters. The van der Waals surface area contributed by atoms with Gasteiger partial charge in [-0.25, -0.2) is 9.48 Å². The summed E-state index contributed by atoms with van der Waals surface area (Å²) in [6.45, 7) is 3.67. The summed E-state index contributed by atoms with van der Waals surface area (Å²) < 4.78 is 7.05. The van der Waals surface area contributed by atoms with Gasteiger partial charge in [-0.15, -0.1) is 0 Å². The molecule has 28 heavy (non-hydrogen) atoms. The van der Waals surface area contributed by atoms with Crippen LogP contribution in [0.15, 0.2) is 60.8 Å². The number of nitrogens with zero attached hydrogens (tertiary/aromatic N) is 3. The third-order valence-electron chi connectivity index (χ3n) is 4.98. The van der Waals surface area contributed by atoms with Gasteiger partial charge in [-0.05, 0) is 62.2 Å². The van der Waals surface area contributed by atoms with E-state index < -0.39 is 5.97 Å². The van der Waals surface area contributed by atoms with Crippen molar-refractivity contribution in [1.82, 2.24) is 9.78 Å².